The SMILES string of the molecule is CCOC(C)(C)CNC(=O)C(N)CC(C)C. The topological polar surface area (TPSA) is 64.3 Å². The van der Waals surface area contributed by atoms with Crippen LogP contribution in [-0.2, 0) is 9.53 Å². The minimum absolute atomic E-state index is 0.0959. The largest absolute Gasteiger partial charge is 0.374 e. The van der Waals surface area contributed by atoms with E-state index in [1.54, 1.807) is 0 Å². The fourth-order valence-corrected chi connectivity index (χ4v) is 1.49. The molecule has 0 bridgehead atoms. The Morgan fingerprint density at radius 2 is 2.00 bits per heavy atom. The average molecular weight is 230 g/mol. The standard InChI is InChI=1S/C12H26N2O2/c1-6-16-12(4,5)8-14-11(15)10(13)7-9(2)3/h9-10H,6-8,13H2,1-5H3,(H,14,15). The van der Waals surface area contributed by atoms with Crippen LogP contribution in [-0.4, -0.2) is 30.7 Å². The Balaban J connectivity index is 3.97. The van der Waals surface area contributed by atoms with Crippen LogP contribution < -0.4 is 11.1 Å². The number of nitrogens with one attached hydrogen (secondary N) is 1. The summed E-state index contributed by atoms with van der Waals surface area (Å²) in [6, 6.07) is -0.419. The summed E-state index contributed by atoms with van der Waals surface area (Å²) in [5.74, 6) is 0.335. The summed E-state index contributed by atoms with van der Waals surface area (Å²) in [4.78, 5) is 11.6. The van der Waals surface area contributed by atoms with Crippen molar-refractivity contribution in [1.29, 1.82) is 0 Å². The van der Waals surface area contributed by atoms with Crippen molar-refractivity contribution < 1.29 is 9.53 Å². The average Bonchev–Trinajstić information content (AvgIpc) is 2.13. The van der Waals surface area contributed by atoms with Crippen molar-refractivity contribution in [2.24, 2.45) is 11.7 Å². The summed E-state index contributed by atoms with van der Waals surface area (Å²) < 4.78 is 5.49. The number of amides is 1. The summed E-state index contributed by atoms with van der Waals surface area (Å²) in [7, 11) is 0. The van der Waals surface area contributed by atoms with Gasteiger partial charge in [0.2, 0.25) is 5.91 Å². The number of rotatable bonds is 7. The molecular formula is C12H26N2O2. The molecule has 0 heterocycles. The van der Waals surface area contributed by atoms with Crippen LogP contribution in [0.3, 0.4) is 0 Å². The highest BCUT2D eigenvalue weighted by Crippen LogP contribution is 2.07. The molecule has 0 aliphatic heterocycles. The van der Waals surface area contributed by atoms with Crippen molar-refractivity contribution in [3.63, 3.8) is 0 Å². The van der Waals surface area contributed by atoms with Gasteiger partial charge in [-0.2, -0.15) is 0 Å². The third kappa shape index (κ3) is 6.80. The van der Waals surface area contributed by atoms with E-state index in [0.717, 1.165) is 0 Å². The highest BCUT2D eigenvalue weighted by Gasteiger charge is 2.21. The molecule has 4 heteroatoms. The molecule has 0 aromatic heterocycles. The molecule has 0 aromatic carbocycles. The first kappa shape index (κ1) is 15.4. The van der Waals surface area contributed by atoms with Crippen molar-refractivity contribution in [2.75, 3.05) is 13.2 Å². The summed E-state index contributed by atoms with van der Waals surface area (Å²) in [6.07, 6.45) is 0.709. The first-order valence-corrected chi connectivity index (χ1v) is 5.95. The van der Waals surface area contributed by atoms with Gasteiger partial charge in [-0.05, 0) is 33.1 Å². The van der Waals surface area contributed by atoms with Gasteiger partial charge >= 0.3 is 0 Å². The highest BCUT2D eigenvalue weighted by molar-refractivity contribution is 5.81. The van der Waals surface area contributed by atoms with Crippen molar-refractivity contribution in [1.82, 2.24) is 5.32 Å². The molecular weight excluding hydrogens is 204 g/mol. The molecule has 16 heavy (non-hydrogen) atoms. The lowest BCUT2D eigenvalue weighted by molar-refractivity contribution is -0.124. The zero-order chi connectivity index (χ0) is 12.8. The minimum atomic E-state index is -0.419. The van der Waals surface area contributed by atoms with Gasteiger partial charge in [-0.1, -0.05) is 13.8 Å². The second-order valence-corrected chi connectivity index (χ2v) is 5.15. The number of carbonyl (C=O) groups is 1. The Morgan fingerprint density at radius 1 is 1.44 bits per heavy atom. The van der Waals surface area contributed by atoms with E-state index in [0.29, 0.717) is 25.5 Å². The molecule has 0 fully saturated rings. The van der Waals surface area contributed by atoms with E-state index in [-0.39, 0.29) is 11.5 Å². The molecule has 1 atom stereocenters. The summed E-state index contributed by atoms with van der Waals surface area (Å²) in [6.45, 7) is 11.1. The third-order valence-corrected chi connectivity index (χ3v) is 2.29. The van der Waals surface area contributed by atoms with Crippen LogP contribution in [0.1, 0.15) is 41.0 Å². The van der Waals surface area contributed by atoms with Crippen LogP contribution in [0.2, 0.25) is 0 Å². The number of hydrogen-bond acceptors (Lipinski definition) is 3. The van der Waals surface area contributed by atoms with Crippen LogP contribution in [0.5, 0.6) is 0 Å². The first-order chi connectivity index (χ1) is 7.28. The Kier molecular flexibility index (Phi) is 6.60. The molecule has 0 aliphatic carbocycles. The van der Waals surface area contributed by atoms with E-state index >= 15 is 0 Å². The Bertz CT molecular complexity index is 215. The molecule has 0 aliphatic rings. The van der Waals surface area contributed by atoms with Gasteiger partial charge in [0, 0.05) is 13.2 Å². The lowest BCUT2D eigenvalue weighted by Crippen LogP contribution is -2.47. The van der Waals surface area contributed by atoms with Crippen LogP contribution in [0.4, 0.5) is 0 Å². The van der Waals surface area contributed by atoms with E-state index in [4.69, 9.17) is 10.5 Å². The molecule has 3 N–H and O–H groups in total. The minimum Gasteiger partial charge on any atom is -0.374 e. The monoisotopic (exact) mass is 230 g/mol. The van der Waals surface area contributed by atoms with Gasteiger partial charge in [-0.15, -0.1) is 0 Å². The van der Waals surface area contributed by atoms with Crippen LogP contribution in [0.25, 0.3) is 0 Å². The number of ether oxygens (including phenoxy) is 1. The molecule has 1 unspecified atom stereocenters. The Morgan fingerprint density at radius 3 is 2.44 bits per heavy atom. The lowest BCUT2D eigenvalue weighted by atomic mass is 10.0. The van der Waals surface area contributed by atoms with Gasteiger partial charge < -0.3 is 15.8 Å². The second-order valence-electron chi connectivity index (χ2n) is 5.15. The summed E-state index contributed by atoms with van der Waals surface area (Å²) in [5.41, 5.74) is 5.44. The number of hydrogen-bond donors (Lipinski definition) is 2. The number of nitrogens with two attached hydrogens (primary N) is 1. The fraction of sp³-hybridized carbons (Fsp3) is 0.917. The quantitative estimate of drug-likeness (QED) is 0.692. The van der Waals surface area contributed by atoms with E-state index < -0.39 is 6.04 Å². The van der Waals surface area contributed by atoms with Crippen molar-refractivity contribution in [2.45, 2.75) is 52.7 Å². The van der Waals surface area contributed by atoms with Gasteiger partial charge in [0.05, 0.1) is 11.6 Å². The van der Waals surface area contributed by atoms with Crippen LogP contribution >= 0.6 is 0 Å². The van der Waals surface area contributed by atoms with Crippen LogP contribution in [0.15, 0.2) is 0 Å². The van der Waals surface area contributed by atoms with E-state index in [2.05, 4.69) is 19.2 Å². The maximum Gasteiger partial charge on any atom is 0.237 e. The first-order valence-electron chi connectivity index (χ1n) is 5.95. The number of carbonyl (C=O) groups excluding carboxylic acids is 1. The molecule has 4 nitrogen and oxygen atoms in total. The highest BCUT2D eigenvalue weighted by atomic mass is 16.5. The van der Waals surface area contributed by atoms with Gasteiger partial charge in [-0.3, -0.25) is 4.79 Å². The van der Waals surface area contributed by atoms with Crippen molar-refractivity contribution in [3.8, 4) is 0 Å². The maximum absolute atomic E-state index is 11.6. The lowest BCUT2D eigenvalue weighted by Gasteiger charge is -2.25. The smallest absolute Gasteiger partial charge is 0.237 e. The van der Waals surface area contributed by atoms with E-state index in [1.165, 1.54) is 0 Å². The summed E-state index contributed by atoms with van der Waals surface area (Å²) >= 11 is 0. The predicted octanol–water partition coefficient (Wildman–Crippen LogP) is 1.29. The fourth-order valence-electron chi connectivity index (χ4n) is 1.49. The van der Waals surface area contributed by atoms with Crippen molar-refractivity contribution in [3.05, 3.63) is 0 Å². The molecule has 0 saturated heterocycles. The van der Waals surface area contributed by atoms with Gasteiger partial charge in [0.1, 0.15) is 0 Å². The zero-order valence-electron chi connectivity index (χ0n) is 11.2. The third-order valence-electron chi connectivity index (χ3n) is 2.29. The Hall–Kier alpha value is -0.610. The maximum atomic E-state index is 11.6. The predicted molar refractivity (Wildman–Crippen MR) is 66.1 cm³/mol. The Labute approximate surface area is 98.9 Å². The molecule has 0 spiro atoms. The van der Waals surface area contributed by atoms with Gasteiger partial charge in [-0.25, -0.2) is 0 Å². The van der Waals surface area contributed by atoms with Crippen molar-refractivity contribution >= 4 is 5.91 Å². The second kappa shape index (κ2) is 6.86. The molecule has 1 amide bonds. The van der Waals surface area contributed by atoms with E-state index in [1.807, 2.05) is 20.8 Å². The van der Waals surface area contributed by atoms with Crippen LogP contribution in [0, 0.1) is 5.92 Å². The molecule has 0 radical (unpaired) electrons. The molecule has 0 rings (SSSR count). The van der Waals surface area contributed by atoms with Gasteiger partial charge in [0.25, 0.3) is 0 Å². The molecule has 0 saturated carbocycles. The molecule has 96 valence electrons. The summed E-state index contributed by atoms with van der Waals surface area (Å²) in [5, 5.41) is 2.82. The zero-order valence-corrected chi connectivity index (χ0v) is 11.2. The normalized spacial score (nSPS) is 13.9. The molecule has 0 aromatic rings. The van der Waals surface area contributed by atoms with Gasteiger partial charge in [0.15, 0.2) is 0 Å². The van der Waals surface area contributed by atoms with E-state index in [9.17, 15) is 4.79 Å².